The second-order valence-electron chi connectivity index (χ2n) is 20.1. The maximum absolute atomic E-state index is 12.6. The summed E-state index contributed by atoms with van der Waals surface area (Å²) in [4.78, 5) is 10.0. The van der Waals surface area contributed by atoms with Gasteiger partial charge in [-0.2, -0.15) is 0 Å². The molecule has 0 saturated carbocycles. The van der Waals surface area contributed by atoms with Gasteiger partial charge in [-0.1, -0.05) is 178 Å². The zero-order valence-corrected chi connectivity index (χ0v) is 39.9. The summed E-state index contributed by atoms with van der Waals surface area (Å²) in [6.45, 7) is 18.2. The van der Waals surface area contributed by atoms with Gasteiger partial charge in [0.15, 0.2) is 0 Å². The molecule has 67 heavy (non-hydrogen) atoms. The molecule has 0 aliphatic heterocycles. The molecule has 0 radical (unpaired) electrons. The number of fused-ring (bicyclic) bond motifs is 1. The number of nitrogens with zero attached hydrogens (tertiary/aromatic N) is 3. The number of para-hydroxylation sites is 1. The van der Waals surface area contributed by atoms with Crippen LogP contribution in [0.1, 0.15) is 124 Å². The summed E-state index contributed by atoms with van der Waals surface area (Å²) >= 11 is 0. The highest BCUT2D eigenvalue weighted by atomic mass is 16.3. The summed E-state index contributed by atoms with van der Waals surface area (Å²) in [6, 6.07) is 32.9. The van der Waals surface area contributed by atoms with Crippen LogP contribution in [-0.4, -0.2) is 19.6 Å². The number of aromatic hydroxyl groups is 1. The maximum atomic E-state index is 12.6. The van der Waals surface area contributed by atoms with E-state index < -0.39 is 54.7 Å². The van der Waals surface area contributed by atoms with Crippen molar-refractivity contribution in [3.63, 3.8) is 0 Å². The van der Waals surface area contributed by atoms with Crippen LogP contribution < -0.4 is 0 Å². The van der Waals surface area contributed by atoms with Gasteiger partial charge in [0.05, 0.1) is 38.9 Å². The van der Waals surface area contributed by atoms with Crippen LogP contribution in [0, 0.1) is 6.85 Å². The second kappa shape index (κ2) is 17.6. The zero-order valence-electron chi connectivity index (χ0n) is 50.9. The average molecular weight is 889 g/mol. The van der Waals surface area contributed by atoms with E-state index in [2.05, 4.69) is 63.9 Å². The van der Waals surface area contributed by atoms with E-state index in [1.807, 2.05) is 124 Å². The molecule has 4 heteroatoms. The molecule has 9 aromatic rings. The minimum atomic E-state index is -2.57. The Morgan fingerprint density at radius 1 is 0.582 bits per heavy atom. The third kappa shape index (κ3) is 8.86. The Morgan fingerprint density at radius 2 is 1.28 bits per heavy atom. The van der Waals surface area contributed by atoms with Crippen LogP contribution in [0.3, 0.4) is 0 Å². The van der Waals surface area contributed by atoms with Crippen molar-refractivity contribution < 1.29 is 20.2 Å². The minimum absolute atomic E-state index is 0.0296. The van der Waals surface area contributed by atoms with Crippen molar-refractivity contribution in [1.29, 1.82) is 0 Å². The lowest BCUT2D eigenvalue weighted by Gasteiger charge is -2.22. The van der Waals surface area contributed by atoms with E-state index in [1.165, 1.54) is 0 Å². The molecule has 0 amide bonds. The lowest BCUT2D eigenvalue weighted by molar-refractivity contribution is 0.466. The van der Waals surface area contributed by atoms with E-state index in [0.717, 1.165) is 38.9 Å². The monoisotopic (exact) mass is 889 g/mol. The summed E-state index contributed by atoms with van der Waals surface area (Å²) in [7, 11) is 0. The number of phenols is 1. The predicted molar refractivity (Wildman–Crippen MR) is 283 cm³/mol. The Balaban J connectivity index is 1.42. The van der Waals surface area contributed by atoms with Gasteiger partial charge in [0.2, 0.25) is 0 Å². The number of imidazole rings is 1. The van der Waals surface area contributed by atoms with Gasteiger partial charge in [-0.3, -0.25) is 9.55 Å². The molecule has 9 rings (SSSR count). The number of aryl methyl sites for hydroxylation is 1. The molecule has 0 aliphatic carbocycles. The Morgan fingerprint density at radius 3 is 1.96 bits per heavy atom. The number of rotatable bonds is 9. The quantitative estimate of drug-likeness (QED) is 0.157. The van der Waals surface area contributed by atoms with Crippen LogP contribution in [0.2, 0.25) is 0 Å². The average Bonchev–Trinajstić information content (AvgIpc) is 3.79. The van der Waals surface area contributed by atoms with E-state index in [-0.39, 0.29) is 51.4 Å². The fraction of sp³-hybridized carbons (Fsp3) is 0.238. The smallest absolute Gasteiger partial charge is 0.149 e. The summed E-state index contributed by atoms with van der Waals surface area (Å²) in [5.41, 5.74) is 8.95. The normalized spacial score (nSPS) is 14.7. The zero-order chi connectivity index (χ0) is 56.8. The molecule has 336 valence electrons. The van der Waals surface area contributed by atoms with Crippen LogP contribution in [-0.2, 0) is 10.8 Å². The first-order valence-corrected chi connectivity index (χ1v) is 22.9. The van der Waals surface area contributed by atoms with Gasteiger partial charge >= 0.3 is 0 Å². The van der Waals surface area contributed by atoms with Crippen LogP contribution in [0.15, 0.2) is 164 Å². The summed E-state index contributed by atoms with van der Waals surface area (Å²) < 4.78 is 99.2. The SMILES string of the molecule is [2H]c1nc(-c2cc(-c3cccc4c3nc(-c3cc(C(C)C)cc(C(C)C)c3O)n4-c3cc(C([2H])([2H])[2H])c(-c4ccccc4)cc3-c3ccc(C(C)(C)C)cc3)cc(C(C)(C)C)c2)c([2H])c(-c2c([2H])c([2H])c([2H])c([2H])c2[2H])c1[2H]. The van der Waals surface area contributed by atoms with Crippen molar-refractivity contribution in [1.82, 2.24) is 14.5 Å². The summed E-state index contributed by atoms with van der Waals surface area (Å²) in [5, 5.41) is 12.6. The largest absolute Gasteiger partial charge is 0.507 e. The summed E-state index contributed by atoms with van der Waals surface area (Å²) in [6.07, 6.45) is -0.543. The van der Waals surface area contributed by atoms with Gasteiger partial charge in [0, 0.05) is 27.0 Å². The molecule has 0 fully saturated rings. The van der Waals surface area contributed by atoms with Crippen molar-refractivity contribution in [2.45, 2.75) is 98.8 Å². The molecule has 0 atom stereocenters. The van der Waals surface area contributed by atoms with Crippen LogP contribution in [0.25, 0.3) is 83.9 Å². The third-order valence-electron chi connectivity index (χ3n) is 12.6. The maximum Gasteiger partial charge on any atom is 0.149 e. The standard InChI is InChI=1S/C63H63N3O/c1-39(2)46-35-52(40(3)4)60(67)55(36-46)61-65-59-51(47-32-48(34-50(33-47)63(9,10)11)56-37-45(29-30-64-56)42-19-14-12-15-20-42)23-18-24-57(59)66(61)58-31-41(5)53(43-21-16-13-17-22-43)38-54(58)44-25-27-49(28-26-44)62(6,7)8/h12-40,67H,1-11H3/i5D3,12D,14D,15D,19D,20D,29D,30D,37D. The van der Waals surface area contributed by atoms with Gasteiger partial charge in [-0.25, -0.2) is 4.98 Å². The Kier molecular flexibility index (Phi) is 8.80. The fourth-order valence-corrected chi connectivity index (χ4v) is 8.70. The number of aromatic nitrogens is 3. The van der Waals surface area contributed by atoms with Crippen LogP contribution in [0.5, 0.6) is 5.75 Å². The number of pyridine rings is 1. The van der Waals surface area contributed by atoms with Crippen molar-refractivity contribution in [2.24, 2.45) is 0 Å². The van der Waals surface area contributed by atoms with E-state index in [1.54, 1.807) is 6.07 Å². The minimum Gasteiger partial charge on any atom is -0.507 e. The molecule has 0 saturated heterocycles. The van der Waals surface area contributed by atoms with Crippen molar-refractivity contribution in [2.75, 3.05) is 0 Å². The molecule has 2 aromatic heterocycles. The number of benzene rings is 7. The van der Waals surface area contributed by atoms with Gasteiger partial charge in [0.25, 0.3) is 0 Å². The van der Waals surface area contributed by atoms with Gasteiger partial charge in [-0.15, -0.1) is 0 Å². The Labute approximate surface area is 413 Å². The van der Waals surface area contributed by atoms with E-state index in [9.17, 15) is 6.48 Å². The molecule has 2 heterocycles. The molecule has 0 aliphatic rings. The first-order valence-electron chi connectivity index (χ1n) is 28.4. The molecule has 1 N–H and O–H groups in total. The molecule has 0 unspecified atom stereocenters. The highest BCUT2D eigenvalue weighted by molar-refractivity contribution is 5.98. The molecule has 7 aromatic carbocycles. The van der Waals surface area contributed by atoms with E-state index in [0.29, 0.717) is 50.4 Å². The van der Waals surface area contributed by atoms with Crippen LogP contribution in [0.4, 0.5) is 0 Å². The van der Waals surface area contributed by atoms with Crippen LogP contribution >= 0.6 is 0 Å². The van der Waals surface area contributed by atoms with Gasteiger partial charge in [-0.05, 0) is 139 Å². The lowest BCUT2D eigenvalue weighted by atomic mass is 9.83. The molecule has 0 bridgehead atoms. The lowest BCUT2D eigenvalue weighted by Crippen LogP contribution is -2.11. The van der Waals surface area contributed by atoms with Gasteiger partial charge < -0.3 is 5.11 Å². The highest BCUT2D eigenvalue weighted by Crippen LogP contribution is 2.46. The van der Waals surface area contributed by atoms with Crippen molar-refractivity contribution in [3.05, 3.63) is 192 Å². The number of phenolic OH excluding ortho intramolecular Hbond substituents is 1. The molecular formula is C63H63N3O. The molecule has 0 spiro atoms. The van der Waals surface area contributed by atoms with Crippen molar-refractivity contribution >= 4 is 11.0 Å². The number of hydrogen-bond acceptors (Lipinski definition) is 3. The first kappa shape index (κ1) is 33.4. The first-order chi connectivity index (χ1) is 36.5. The highest BCUT2D eigenvalue weighted by Gasteiger charge is 2.27. The number of hydrogen-bond donors (Lipinski definition) is 1. The third-order valence-corrected chi connectivity index (χ3v) is 12.6. The fourth-order valence-electron chi connectivity index (χ4n) is 8.70. The summed E-state index contributed by atoms with van der Waals surface area (Å²) in [5.74, 6) is 0.392. The predicted octanol–water partition coefficient (Wildman–Crippen LogP) is 17.3. The Bertz CT molecular complexity index is 3820. The van der Waals surface area contributed by atoms with E-state index >= 15 is 0 Å². The molecule has 4 nitrogen and oxygen atoms in total. The Hall–Kier alpha value is -7.04. The van der Waals surface area contributed by atoms with E-state index in [4.69, 9.17) is 18.7 Å². The molecular weight excluding hydrogens is 815 g/mol. The van der Waals surface area contributed by atoms with Gasteiger partial charge in [0.1, 0.15) is 11.6 Å². The van der Waals surface area contributed by atoms with Crippen molar-refractivity contribution in [3.8, 4) is 78.6 Å². The second-order valence-corrected chi connectivity index (χ2v) is 20.1. The topological polar surface area (TPSA) is 50.9 Å².